The molecule has 232 valence electrons. The zero-order valence-electron chi connectivity index (χ0n) is 25.9. The average molecular weight is 600 g/mol. The second-order valence-corrected chi connectivity index (χ2v) is 10.3. The molecule has 0 spiro atoms. The molecular weight excluding hydrogens is 558 g/mol. The molecule has 1 heterocycles. The van der Waals surface area contributed by atoms with Crippen LogP contribution in [0.25, 0.3) is 0 Å². The predicted octanol–water partition coefficient (Wildman–Crippen LogP) is 5.27. The fourth-order valence-corrected chi connectivity index (χ4v) is 5.06. The summed E-state index contributed by atoms with van der Waals surface area (Å²) >= 11 is 0. The molecule has 2 amide bonds. The lowest BCUT2D eigenvalue weighted by Crippen LogP contribution is -2.43. The lowest BCUT2D eigenvalue weighted by Gasteiger charge is -2.29. The number of carbonyl (C=O) groups is 2. The van der Waals surface area contributed by atoms with Crippen LogP contribution < -0.4 is 14.2 Å². The van der Waals surface area contributed by atoms with Gasteiger partial charge in [-0.3, -0.25) is 9.59 Å². The molecule has 0 saturated carbocycles. The summed E-state index contributed by atoms with van der Waals surface area (Å²) in [4.78, 5) is 31.4. The Hall–Kier alpha value is -4.76. The molecule has 1 aromatic heterocycles. The van der Waals surface area contributed by atoms with Gasteiger partial charge < -0.3 is 33.3 Å². The van der Waals surface area contributed by atoms with Crippen LogP contribution in [0.15, 0.2) is 91.1 Å². The maximum Gasteiger partial charge on any atom is 0.254 e. The van der Waals surface area contributed by atoms with Crippen LogP contribution >= 0.6 is 0 Å². The van der Waals surface area contributed by atoms with E-state index >= 15 is 0 Å². The molecule has 0 bridgehead atoms. The Morgan fingerprint density at radius 1 is 0.727 bits per heavy atom. The minimum atomic E-state index is -0.319. The van der Waals surface area contributed by atoms with E-state index in [4.69, 9.17) is 18.9 Å². The molecule has 0 aliphatic carbocycles. The van der Waals surface area contributed by atoms with Gasteiger partial charge >= 0.3 is 0 Å². The summed E-state index contributed by atoms with van der Waals surface area (Å²) in [6.07, 6.45) is 2.59. The summed E-state index contributed by atoms with van der Waals surface area (Å²) in [6, 6.07) is 27.3. The van der Waals surface area contributed by atoms with Crippen LogP contribution in [-0.4, -0.2) is 74.3 Å². The van der Waals surface area contributed by atoms with Crippen LogP contribution in [0.5, 0.6) is 17.2 Å². The normalized spacial score (nSPS) is 10.7. The molecule has 0 aliphatic heterocycles. The van der Waals surface area contributed by atoms with E-state index in [-0.39, 0.29) is 18.4 Å². The summed E-state index contributed by atoms with van der Waals surface area (Å²) < 4.78 is 23.8. The van der Waals surface area contributed by atoms with Gasteiger partial charge in [0, 0.05) is 50.8 Å². The second-order valence-electron chi connectivity index (χ2n) is 10.3. The van der Waals surface area contributed by atoms with Gasteiger partial charge in [-0.2, -0.15) is 0 Å². The monoisotopic (exact) mass is 599 g/mol. The van der Waals surface area contributed by atoms with Crippen molar-refractivity contribution in [3.63, 3.8) is 0 Å². The lowest BCUT2D eigenvalue weighted by atomic mass is 10.1. The Balaban J connectivity index is 1.61. The summed E-state index contributed by atoms with van der Waals surface area (Å²) in [5, 5.41) is 0. The van der Waals surface area contributed by atoms with Gasteiger partial charge in [-0.1, -0.05) is 60.7 Å². The number of rotatable bonds is 16. The molecule has 0 radical (unpaired) electrons. The number of methoxy groups -OCH3 is 4. The third-order valence-corrected chi connectivity index (χ3v) is 7.34. The summed E-state index contributed by atoms with van der Waals surface area (Å²) in [7, 11) is 6.12. The summed E-state index contributed by atoms with van der Waals surface area (Å²) in [6.45, 7) is 2.16. The molecule has 4 rings (SSSR count). The topological polar surface area (TPSA) is 82.5 Å². The molecule has 44 heavy (non-hydrogen) atoms. The quantitative estimate of drug-likeness (QED) is 0.163. The number of nitrogens with zero attached hydrogens (tertiary/aromatic N) is 3. The van der Waals surface area contributed by atoms with Crippen LogP contribution in [0, 0.1) is 0 Å². The van der Waals surface area contributed by atoms with E-state index in [9.17, 15) is 9.59 Å². The van der Waals surface area contributed by atoms with Crippen molar-refractivity contribution in [1.82, 2.24) is 14.4 Å². The third kappa shape index (κ3) is 8.41. The SMILES string of the molecule is COCCCN(CC(=O)N(Cc1ccccc1)Cc1cccn1Cc1ccccc1)C(=O)c1cc(OC)c(OC)c(OC)c1. The van der Waals surface area contributed by atoms with Crippen molar-refractivity contribution in [3.8, 4) is 17.2 Å². The van der Waals surface area contributed by atoms with Crippen LogP contribution in [0.2, 0.25) is 0 Å². The maximum atomic E-state index is 14.1. The molecule has 0 aliphatic rings. The van der Waals surface area contributed by atoms with Crippen LogP contribution in [0.4, 0.5) is 0 Å². The highest BCUT2D eigenvalue weighted by molar-refractivity contribution is 5.97. The van der Waals surface area contributed by atoms with Crippen molar-refractivity contribution in [2.24, 2.45) is 0 Å². The van der Waals surface area contributed by atoms with E-state index in [0.717, 1.165) is 11.3 Å². The molecule has 0 fully saturated rings. The van der Waals surface area contributed by atoms with Crippen molar-refractivity contribution in [2.75, 3.05) is 48.1 Å². The lowest BCUT2D eigenvalue weighted by molar-refractivity contribution is -0.133. The third-order valence-electron chi connectivity index (χ3n) is 7.34. The van der Waals surface area contributed by atoms with Gasteiger partial charge in [0.15, 0.2) is 11.5 Å². The van der Waals surface area contributed by atoms with E-state index < -0.39 is 0 Å². The summed E-state index contributed by atoms with van der Waals surface area (Å²) in [5.74, 6) is 0.632. The highest BCUT2D eigenvalue weighted by Gasteiger charge is 2.25. The van der Waals surface area contributed by atoms with Gasteiger partial charge in [0.2, 0.25) is 11.7 Å². The number of amides is 2. The smallest absolute Gasteiger partial charge is 0.254 e. The van der Waals surface area contributed by atoms with E-state index in [0.29, 0.717) is 62.0 Å². The van der Waals surface area contributed by atoms with Gasteiger partial charge in [0.1, 0.15) is 6.54 Å². The van der Waals surface area contributed by atoms with Crippen LogP contribution in [0.3, 0.4) is 0 Å². The minimum absolute atomic E-state index is 0.106. The largest absolute Gasteiger partial charge is 0.493 e. The van der Waals surface area contributed by atoms with E-state index in [1.165, 1.54) is 26.9 Å². The molecule has 4 aromatic rings. The number of hydrogen-bond donors (Lipinski definition) is 0. The molecule has 0 N–H and O–H groups in total. The van der Waals surface area contributed by atoms with Gasteiger partial charge in [-0.05, 0) is 41.8 Å². The molecule has 3 aromatic carbocycles. The van der Waals surface area contributed by atoms with Crippen molar-refractivity contribution in [3.05, 3.63) is 114 Å². The Kier molecular flexibility index (Phi) is 11.8. The minimum Gasteiger partial charge on any atom is -0.493 e. The first kappa shape index (κ1) is 32.2. The van der Waals surface area contributed by atoms with Crippen molar-refractivity contribution in [1.29, 1.82) is 0 Å². The zero-order chi connectivity index (χ0) is 31.3. The first-order chi connectivity index (χ1) is 21.5. The number of ether oxygens (including phenoxy) is 4. The average Bonchev–Trinajstić information content (AvgIpc) is 3.49. The van der Waals surface area contributed by atoms with E-state index in [1.54, 1.807) is 29.0 Å². The van der Waals surface area contributed by atoms with Crippen molar-refractivity contribution >= 4 is 11.8 Å². The standard InChI is InChI=1S/C35H41N3O6/c1-41-20-12-19-37(35(40)29-21-31(42-2)34(44-4)32(22-29)43-3)26-33(39)38(24-28-15-9-6-10-16-28)25-30-17-11-18-36(30)23-27-13-7-5-8-14-27/h5-11,13-18,21-22H,12,19-20,23-26H2,1-4H3. The molecule has 0 unspecified atom stereocenters. The van der Waals surface area contributed by atoms with Crippen molar-refractivity contribution < 1.29 is 28.5 Å². The maximum absolute atomic E-state index is 14.1. The van der Waals surface area contributed by atoms with Crippen LogP contribution in [-0.2, 0) is 29.2 Å². The van der Waals surface area contributed by atoms with Crippen LogP contribution in [0.1, 0.15) is 33.6 Å². The number of aromatic nitrogens is 1. The highest BCUT2D eigenvalue weighted by Crippen LogP contribution is 2.38. The highest BCUT2D eigenvalue weighted by atomic mass is 16.5. The van der Waals surface area contributed by atoms with Gasteiger partial charge in [0.05, 0.1) is 27.9 Å². The van der Waals surface area contributed by atoms with E-state index in [1.807, 2.05) is 66.9 Å². The first-order valence-electron chi connectivity index (χ1n) is 14.5. The Morgan fingerprint density at radius 2 is 1.36 bits per heavy atom. The molecule has 0 atom stereocenters. The van der Waals surface area contributed by atoms with Gasteiger partial charge in [-0.15, -0.1) is 0 Å². The fraction of sp³-hybridized carbons (Fsp3) is 0.314. The molecule has 9 nitrogen and oxygen atoms in total. The molecule has 9 heteroatoms. The van der Waals surface area contributed by atoms with Gasteiger partial charge in [-0.25, -0.2) is 0 Å². The van der Waals surface area contributed by atoms with E-state index in [2.05, 4.69) is 16.7 Å². The Bertz CT molecular complexity index is 1460. The number of carbonyl (C=O) groups excluding carboxylic acids is 2. The van der Waals surface area contributed by atoms with Gasteiger partial charge in [0.25, 0.3) is 5.91 Å². The fourth-order valence-electron chi connectivity index (χ4n) is 5.06. The zero-order valence-corrected chi connectivity index (χ0v) is 25.9. The van der Waals surface area contributed by atoms with Crippen molar-refractivity contribution in [2.45, 2.75) is 26.1 Å². The molecule has 0 saturated heterocycles. The Labute approximate surface area is 259 Å². The summed E-state index contributed by atoms with van der Waals surface area (Å²) in [5.41, 5.74) is 3.51. The predicted molar refractivity (Wildman–Crippen MR) is 169 cm³/mol. The number of hydrogen-bond acceptors (Lipinski definition) is 6. The Morgan fingerprint density at radius 3 is 1.95 bits per heavy atom. The first-order valence-corrected chi connectivity index (χ1v) is 14.5. The molecular formula is C35H41N3O6. The number of benzene rings is 3. The second kappa shape index (κ2) is 16.2.